The third-order valence-electron chi connectivity index (χ3n) is 4.21. The second-order valence-corrected chi connectivity index (χ2v) is 6.21. The number of benzene rings is 1. The number of likely N-dealkylation sites (tertiary alicyclic amines) is 1. The fraction of sp³-hybridized carbons (Fsp3) is 0.412. The molecule has 2 aromatic rings. The third-order valence-corrected chi connectivity index (χ3v) is 4.47. The average Bonchev–Trinajstić information content (AvgIpc) is 2.57. The molecule has 0 saturated carbocycles. The van der Waals surface area contributed by atoms with Gasteiger partial charge < -0.3 is 5.73 Å². The Morgan fingerprint density at radius 2 is 1.86 bits per heavy atom. The molecular formula is C17H21ClN4. The Morgan fingerprint density at radius 1 is 1.14 bits per heavy atom. The highest BCUT2D eigenvalue weighted by Crippen LogP contribution is 2.20. The average molecular weight is 317 g/mol. The molecule has 1 aliphatic rings. The van der Waals surface area contributed by atoms with Crippen molar-refractivity contribution in [1.29, 1.82) is 0 Å². The Bertz CT molecular complexity index is 597. The summed E-state index contributed by atoms with van der Waals surface area (Å²) in [5.41, 5.74) is 7.99. The molecule has 2 heterocycles. The zero-order chi connectivity index (χ0) is 15.4. The summed E-state index contributed by atoms with van der Waals surface area (Å²) in [7, 11) is 0. The van der Waals surface area contributed by atoms with E-state index < -0.39 is 0 Å². The highest BCUT2D eigenvalue weighted by molar-refractivity contribution is 6.30. The van der Waals surface area contributed by atoms with E-state index in [1.807, 2.05) is 36.7 Å². The first kappa shape index (κ1) is 15.4. The fourth-order valence-corrected chi connectivity index (χ4v) is 3.08. The molecule has 22 heavy (non-hydrogen) atoms. The largest absolute Gasteiger partial charge is 0.329 e. The van der Waals surface area contributed by atoms with Crippen LogP contribution in [0.1, 0.15) is 24.8 Å². The molecule has 5 heteroatoms. The summed E-state index contributed by atoms with van der Waals surface area (Å²) >= 11 is 5.90. The lowest BCUT2D eigenvalue weighted by Crippen LogP contribution is -2.43. The number of nitrogens with two attached hydrogens (primary N) is 1. The minimum atomic E-state index is 0.490. The Kier molecular flexibility index (Phi) is 5.03. The molecule has 1 unspecified atom stereocenters. The molecule has 0 radical (unpaired) electrons. The fourth-order valence-electron chi connectivity index (χ4n) is 2.95. The first-order valence-electron chi connectivity index (χ1n) is 7.77. The van der Waals surface area contributed by atoms with Crippen LogP contribution in [0.4, 0.5) is 0 Å². The minimum Gasteiger partial charge on any atom is -0.329 e. The molecule has 2 N–H and O–H groups in total. The van der Waals surface area contributed by atoms with E-state index in [0.29, 0.717) is 6.04 Å². The van der Waals surface area contributed by atoms with Crippen molar-refractivity contribution >= 4 is 11.6 Å². The Balaban J connectivity index is 1.70. The lowest BCUT2D eigenvalue weighted by Gasteiger charge is -2.34. The van der Waals surface area contributed by atoms with Gasteiger partial charge in [0.05, 0.1) is 0 Å². The van der Waals surface area contributed by atoms with Crippen molar-refractivity contribution in [1.82, 2.24) is 14.9 Å². The van der Waals surface area contributed by atoms with Gasteiger partial charge in [-0.2, -0.15) is 0 Å². The van der Waals surface area contributed by atoms with Crippen molar-refractivity contribution in [3.05, 3.63) is 47.2 Å². The Labute approximate surface area is 136 Å². The molecule has 1 fully saturated rings. The maximum atomic E-state index is 5.90. The maximum absolute atomic E-state index is 5.90. The van der Waals surface area contributed by atoms with E-state index in [-0.39, 0.29) is 0 Å². The van der Waals surface area contributed by atoms with Crippen molar-refractivity contribution in [3.8, 4) is 11.4 Å². The van der Waals surface area contributed by atoms with Crippen molar-refractivity contribution in [2.24, 2.45) is 5.73 Å². The minimum absolute atomic E-state index is 0.490. The van der Waals surface area contributed by atoms with E-state index in [2.05, 4.69) is 14.9 Å². The van der Waals surface area contributed by atoms with Gasteiger partial charge in [0, 0.05) is 47.7 Å². The molecule has 1 aliphatic heterocycles. The summed E-state index contributed by atoms with van der Waals surface area (Å²) in [6.07, 6.45) is 7.56. The number of aromatic nitrogens is 2. The molecule has 0 aliphatic carbocycles. The molecule has 1 aromatic carbocycles. The molecule has 3 rings (SSSR count). The summed E-state index contributed by atoms with van der Waals surface area (Å²) in [5, 5.41) is 0.721. The number of hydrogen-bond donors (Lipinski definition) is 1. The number of nitrogens with zero attached hydrogens (tertiary/aromatic N) is 3. The molecule has 0 bridgehead atoms. The van der Waals surface area contributed by atoms with Crippen LogP contribution in [0, 0.1) is 0 Å². The van der Waals surface area contributed by atoms with Gasteiger partial charge in [-0.25, -0.2) is 9.97 Å². The van der Waals surface area contributed by atoms with Crippen LogP contribution < -0.4 is 5.73 Å². The van der Waals surface area contributed by atoms with Crippen LogP contribution in [-0.2, 0) is 6.54 Å². The van der Waals surface area contributed by atoms with E-state index in [1.165, 1.54) is 19.3 Å². The predicted molar refractivity (Wildman–Crippen MR) is 89.6 cm³/mol. The van der Waals surface area contributed by atoms with E-state index >= 15 is 0 Å². The van der Waals surface area contributed by atoms with Crippen LogP contribution in [0.2, 0.25) is 5.02 Å². The molecule has 116 valence electrons. The second kappa shape index (κ2) is 7.18. The number of rotatable bonds is 4. The van der Waals surface area contributed by atoms with E-state index in [1.54, 1.807) is 0 Å². The summed E-state index contributed by atoms with van der Waals surface area (Å²) in [6.45, 7) is 2.72. The second-order valence-electron chi connectivity index (χ2n) is 5.78. The monoisotopic (exact) mass is 316 g/mol. The lowest BCUT2D eigenvalue weighted by atomic mass is 10.0. The van der Waals surface area contributed by atoms with Crippen molar-refractivity contribution in [3.63, 3.8) is 0 Å². The highest BCUT2D eigenvalue weighted by atomic mass is 35.5. The van der Waals surface area contributed by atoms with Crippen LogP contribution in [0.3, 0.4) is 0 Å². The van der Waals surface area contributed by atoms with E-state index in [4.69, 9.17) is 17.3 Å². The molecule has 1 aromatic heterocycles. The number of piperidine rings is 1. The van der Waals surface area contributed by atoms with E-state index in [0.717, 1.165) is 41.6 Å². The van der Waals surface area contributed by atoms with Gasteiger partial charge in [-0.15, -0.1) is 0 Å². The van der Waals surface area contributed by atoms with Gasteiger partial charge in [-0.05, 0) is 43.7 Å². The maximum Gasteiger partial charge on any atom is 0.159 e. The lowest BCUT2D eigenvalue weighted by molar-refractivity contribution is 0.144. The van der Waals surface area contributed by atoms with Crippen LogP contribution in [0.25, 0.3) is 11.4 Å². The van der Waals surface area contributed by atoms with Crippen molar-refractivity contribution in [2.45, 2.75) is 31.8 Å². The summed E-state index contributed by atoms with van der Waals surface area (Å²) in [4.78, 5) is 11.4. The van der Waals surface area contributed by atoms with Gasteiger partial charge in [0.2, 0.25) is 0 Å². The van der Waals surface area contributed by atoms with Crippen molar-refractivity contribution in [2.75, 3.05) is 13.1 Å². The van der Waals surface area contributed by atoms with Gasteiger partial charge in [0.1, 0.15) is 0 Å². The SMILES string of the molecule is NCC1CCCCN1Cc1cnc(-c2ccc(Cl)cc2)nc1. The molecule has 1 saturated heterocycles. The summed E-state index contributed by atoms with van der Waals surface area (Å²) < 4.78 is 0. The zero-order valence-electron chi connectivity index (χ0n) is 12.6. The predicted octanol–water partition coefficient (Wildman–Crippen LogP) is 3.11. The number of halogens is 1. The molecule has 1 atom stereocenters. The molecular weight excluding hydrogens is 296 g/mol. The topological polar surface area (TPSA) is 55.0 Å². The molecule has 0 amide bonds. The van der Waals surface area contributed by atoms with Crippen molar-refractivity contribution < 1.29 is 0 Å². The van der Waals surface area contributed by atoms with Crippen LogP contribution in [-0.4, -0.2) is 34.0 Å². The van der Waals surface area contributed by atoms with Gasteiger partial charge in [-0.1, -0.05) is 18.0 Å². The highest BCUT2D eigenvalue weighted by Gasteiger charge is 2.21. The Hall–Kier alpha value is -1.49. The normalized spacial score (nSPS) is 19.3. The Morgan fingerprint density at radius 3 is 2.55 bits per heavy atom. The van der Waals surface area contributed by atoms with Gasteiger partial charge in [0.25, 0.3) is 0 Å². The standard InChI is InChI=1S/C17H21ClN4/c18-15-6-4-14(5-7-15)17-20-10-13(11-21-17)12-22-8-2-1-3-16(22)9-19/h4-7,10-11,16H,1-3,8-9,12,19H2. The third kappa shape index (κ3) is 3.64. The number of hydrogen-bond acceptors (Lipinski definition) is 4. The van der Waals surface area contributed by atoms with Crippen LogP contribution in [0.15, 0.2) is 36.7 Å². The summed E-state index contributed by atoms with van der Waals surface area (Å²) in [6, 6.07) is 8.07. The van der Waals surface area contributed by atoms with Crippen LogP contribution >= 0.6 is 11.6 Å². The van der Waals surface area contributed by atoms with Crippen LogP contribution in [0.5, 0.6) is 0 Å². The van der Waals surface area contributed by atoms with Gasteiger partial charge in [-0.3, -0.25) is 4.90 Å². The first-order chi connectivity index (χ1) is 10.8. The first-order valence-corrected chi connectivity index (χ1v) is 8.15. The molecule has 0 spiro atoms. The molecule has 4 nitrogen and oxygen atoms in total. The zero-order valence-corrected chi connectivity index (χ0v) is 13.3. The quantitative estimate of drug-likeness (QED) is 0.941. The smallest absolute Gasteiger partial charge is 0.159 e. The van der Waals surface area contributed by atoms with E-state index in [9.17, 15) is 0 Å². The summed E-state index contributed by atoms with van der Waals surface area (Å²) in [5.74, 6) is 0.731. The van der Waals surface area contributed by atoms with Gasteiger partial charge >= 0.3 is 0 Å². The van der Waals surface area contributed by atoms with Gasteiger partial charge in [0.15, 0.2) is 5.82 Å².